The van der Waals surface area contributed by atoms with E-state index in [1.807, 2.05) is 0 Å². The summed E-state index contributed by atoms with van der Waals surface area (Å²) in [6, 6.07) is 11.1. The third kappa shape index (κ3) is 3.28. The summed E-state index contributed by atoms with van der Waals surface area (Å²) in [5.74, 6) is -0.572. The van der Waals surface area contributed by atoms with Crippen LogP contribution in [0.3, 0.4) is 0 Å². The van der Waals surface area contributed by atoms with Crippen LogP contribution in [0.15, 0.2) is 48.5 Å². The van der Waals surface area contributed by atoms with Crippen molar-refractivity contribution in [2.24, 2.45) is 5.73 Å². The van der Waals surface area contributed by atoms with E-state index in [0.29, 0.717) is 11.3 Å². The minimum atomic E-state index is -4.47. The SMILES string of the molecule is NC(=O)OC1Cc2ccccc2N(c2ccc(C(F)(F)F)cc2)C1=O. The number of fused-ring (bicyclic) bond motifs is 1. The van der Waals surface area contributed by atoms with Crippen molar-refractivity contribution in [3.63, 3.8) is 0 Å². The first kappa shape index (κ1) is 16.8. The highest BCUT2D eigenvalue weighted by Crippen LogP contribution is 2.37. The number of ether oxygens (including phenoxy) is 1. The summed E-state index contributed by atoms with van der Waals surface area (Å²) in [6.07, 6.45) is -6.55. The predicted octanol–water partition coefficient (Wildman–Crippen LogP) is 3.39. The molecule has 1 unspecified atom stereocenters. The zero-order chi connectivity index (χ0) is 18.2. The number of primary amides is 1. The number of para-hydroxylation sites is 1. The highest BCUT2D eigenvalue weighted by atomic mass is 19.4. The quantitative estimate of drug-likeness (QED) is 0.902. The van der Waals surface area contributed by atoms with Gasteiger partial charge in [0.1, 0.15) is 0 Å². The predicted molar refractivity (Wildman–Crippen MR) is 83.2 cm³/mol. The molecule has 0 bridgehead atoms. The fourth-order valence-electron chi connectivity index (χ4n) is 2.75. The molecule has 2 amide bonds. The molecule has 2 N–H and O–H groups in total. The first-order valence-electron chi connectivity index (χ1n) is 7.32. The van der Waals surface area contributed by atoms with Crippen LogP contribution in [0.25, 0.3) is 0 Å². The van der Waals surface area contributed by atoms with Crippen molar-refractivity contribution >= 4 is 23.4 Å². The van der Waals surface area contributed by atoms with Crippen LogP contribution in [-0.2, 0) is 22.1 Å². The van der Waals surface area contributed by atoms with Crippen molar-refractivity contribution in [3.05, 3.63) is 59.7 Å². The molecule has 0 radical (unpaired) electrons. The minimum Gasteiger partial charge on any atom is -0.436 e. The van der Waals surface area contributed by atoms with Gasteiger partial charge in [0.15, 0.2) is 6.10 Å². The van der Waals surface area contributed by atoms with Gasteiger partial charge in [0.2, 0.25) is 0 Å². The molecule has 2 aromatic rings. The van der Waals surface area contributed by atoms with Crippen molar-refractivity contribution in [1.29, 1.82) is 0 Å². The standard InChI is InChI=1S/C17H13F3N2O3/c18-17(19,20)11-5-7-12(8-6-11)22-13-4-2-1-3-10(13)9-14(15(22)23)25-16(21)24/h1-8,14H,9H2,(H2,21,24). The van der Waals surface area contributed by atoms with Crippen molar-refractivity contribution in [3.8, 4) is 0 Å². The lowest BCUT2D eigenvalue weighted by molar-refractivity contribution is -0.137. The summed E-state index contributed by atoms with van der Waals surface area (Å²) in [5.41, 5.74) is 5.66. The first-order chi connectivity index (χ1) is 11.8. The molecular weight excluding hydrogens is 337 g/mol. The van der Waals surface area contributed by atoms with E-state index in [4.69, 9.17) is 10.5 Å². The molecule has 1 heterocycles. The monoisotopic (exact) mass is 350 g/mol. The lowest BCUT2D eigenvalue weighted by atomic mass is 9.98. The van der Waals surface area contributed by atoms with Crippen LogP contribution in [-0.4, -0.2) is 18.1 Å². The van der Waals surface area contributed by atoms with Crippen molar-refractivity contribution in [1.82, 2.24) is 0 Å². The van der Waals surface area contributed by atoms with Gasteiger partial charge in [-0.25, -0.2) is 4.79 Å². The minimum absolute atomic E-state index is 0.148. The molecule has 25 heavy (non-hydrogen) atoms. The van der Waals surface area contributed by atoms with Gasteiger partial charge in [-0.2, -0.15) is 13.2 Å². The number of halogens is 3. The topological polar surface area (TPSA) is 72.6 Å². The van der Waals surface area contributed by atoms with Gasteiger partial charge in [-0.15, -0.1) is 0 Å². The Bertz CT molecular complexity index is 819. The second-order valence-corrected chi connectivity index (χ2v) is 5.48. The second kappa shape index (κ2) is 6.12. The molecule has 1 atom stereocenters. The summed E-state index contributed by atoms with van der Waals surface area (Å²) in [6.45, 7) is 0. The Balaban J connectivity index is 2.03. The van der Waals surface area contributed by atoms with E-state index in [9.17, 15) is 22.8 Å². The van der Waals surface area contributed by atoms with Gasteiger partial charge in [0, 0.05) is 12.1 Å². The summed E-state index contributed by atoms with van der Waals surface area (Å²) in [5, 5.41) is 0. The van der Waals surface area contributed by atoms with Crippen LogP contribution in [0, 0.1) is 0 Å². The molecule has 1 aliphatic heterocycles. The van der Waals surface area contributed by atoms with E-state index < -0.39 is 29.8 Å². The zero-order valence-electron chi connectivity index (χ0n) is 12.8. The van der Waals surface area contributed by atoms with E-state index in [0.717, 1.165) is 12.1 Å². The number of carbonyl (C=O) groups is 2. The fourth-order valence-corrected chi connectivity index (χ4v) is 2.75. The van der Waals surface area contributed by atoms with Gasteiger partial charge < -0.3 is 10.5 Å². The number of carbonyl (C=O) groups excluding carboxylic acids is 2. The number of hydrogen-bond acceptors (Lipinski definition) is 3. The highest BCUT2D eigenvalue weighted by molar-refractivity contribution is 6.06. The number of anilines is 2. The second-order valence-electron chi connectivity index (χ2n) is 5.48. The Hall–Kier alpha value is -3.03. The first-order valence-corrected chi connectivity index (χ1v) is 7.32. The Morgan fingerprint density at radius 3 is 2.36 bits per heavy atom. The van der Waals surface area contributed by atoms with Crippen molar-refractivity contribution < 1.29 is 27.5 Å². The highest BCUT2D eigenvalue weighted by Gasteiger charge is 2.36. The average molecular weight is 350 g/mol. The Morgan fingerprint density at radius 2 is 1.76 bits per heavy atom. The van der Waals surface area contributed by atoms with Crippen molar-refractivity contribution in [2.45, 2.75) is 18.7 Å². The molecule has 0 saturated heterocycles. The van der Waals surface area contributed by atoms with Gasteiger partial charge in [0.25, 0.3) is 5.91 Å². The smallest absolute Gasteiger partial charge is 0.416 e. The number of benzene rings is 2. The fraction of sp³-hybridized carbons (Fsp3) is 0.176. The van der Waals surface area contributed by atoms with Crippen LogP contribution in [0.2, 0.25) is 0 Å². The van der Waals surface area contributed by atoms with E-state index in [1.54, 1.807) is 24.3 Å². The maximum Gasteiger partial charge on any atom is 0.416 e. The summed E-state index contributed by atoms with van der Waals surface area (Å²) >= 11 is 0. The zero-order valence-corrected chi connectivity index (χ0v) is 12.8. The molecule has 130 valence electrons. The van der Waals surface area contributed by atoms with Gasteiger partial charge in [-0.1, -0.05) is 18.2 Å². The van der Waals surface area contributed by atoms with E-state index in [1.165, 1.54) is 17.0 Å². The molecule has 3 rings (SSSR count). The van der Waals surface area contributed by atoms with Crippen molar-refractivity contribution in [2.75, 3.05) is 4.90 Å². The van der Waals surface area contributed by atoms with Crippen LogP contribution < -0.4 is 10.6 Å². The molecule has 5 nitrogen and oxygen atoms in total. The maximum atomic E-state index is 12.7. The molecule has 0 spiro atoms. The molecule has 0 fully saturated rings. The van der Waals surface area contributed by atoms with E-state index >= 15 is 0 Å². The summed E-state index contributed by atoms with van der Waals surface area (Å²) in [4.78, 5) is 24.9. The molecular formula is C17H13F3N2O3. The normalized spacial score (nSPS) is 17.2. The van der Waals surface area contributed by atoms with Crippen LogP contribution in [0.5, 0.6) is 0 Å². The summed E-state index contributed by atoms with van der Waals surface area (Å²) in [7, 11) is 0. The van der Waals surface area contributed by atoms with E-state index in [-0.39, 0.29) is 12.1 Å². The van der Waals surface area contributed by atoms with Gasteiger partial charge in [0.05, 0.1) is 11.3 Å². The molecule has 8 heteroatoms. The number of nitrogens with two attached hydrogens (primary N) is 1. The number of alkyl halides is 3. The van der Waals surface area contributed by atoms with E-state index in [2.05, 4.69) is 0 Å². The lowest BCUT2D eigenvalue weighted by Crippen LogP contribution is -2.44. The number of rotatable bonds is 2. The molecule has 0 aliphatic carbocycles. The largest absolute Gasteiger partial charge is 0.436 e. The molecule has 2 aromatic carbocycles. The maximum absolute atomic E-state index is 12.7. The Morgan fingerprint density at radius 1 is 1.12 bits per heavy atom. The Labute approximate surface area is 140 Å². The number of nitrogens with zero attached hydrogens (tertiary/aromatic N) is 1. The lowest BCUT2D eigenvalue weighted by Gasteiger charge is -2.33. The van der Waals surface area contributed by atoms with Gasteiger partial charge in [-0.3, -0.25) is 9.69 Å². The Kier molecular flexibility index (Phi) is 4.12. The molecule has 1 aliphatic rings. The number of hydrogen-bond donors (Lipinski definition) is 1. The third-order valence-electron chi connectivity index (χ3n) is 3.84. The summed E-state index contributed by atoms with van der Waals surface area (Å²) < 4.78 is 43.1. The van der Waals surface area contributed by atoms with Gasteiger partial charge >= 0.3 is 12.3 Å². The van der Waals surface area contributed by atoms with Crippen LogP contribution in [0.4, 0.5) is 29.3 Å². The third-order valence-corrected chi connectivity index (χ3v) is 3.84. The molecule has 0 aromatic heterocycles. The number of amides is 2. The molecule has 0 saturated carbocycles. The van der Waals surface area contributed by atoms with Crippen LogP contribution >= 0.6 is 0 Å². The van der Waals surface area contributed by atoms with Crippen LogP contribution in [0.1, 0.15) is 11.1 Å². The van der Waals surface area contributed by atoms with Gasteiger partial charge in [-0.05, 0) is 35.9 Å². The average Bonchev–Trinajstić information content (AvgIpc) is 2.54.